The summed E-state index contributed by atoms with van der Waals surface area (Å²) in [4.78, 5) is 0.304. The summed E-state index contributed by atoms with van der Waals surface area (Å²) in [6.45, 7) is 4.71. The van der Waals surface area contributed by atoms with E-state index in [1.54, 1.807) is 18.2 Å². The van der Waals surface area contributed by atoms with Crippen LogP contribution in [0, 0.1) is 0 Å². The Kier molecular flexibility index (Phi) is 5.25. The maximum atomic E-state index is 12.2. The van der Waals surface area contributed by atoms with E-state index >= 15 is 0 Å². The molecule has 1 aromatic carbocycles. The van der Waals surface area contributed by atoms with Gasteiger partial charge >= 0.3 is 0 Å². The number of ether oxygens (including phenoxy) is 2. The largest absolute Gasteiger partial charge is 0.490 e. The van der Waals surface area contributed by atoms with Crippen LogP contribution in [-0.2, 0) is 9.84 Å². The van der Waals surface area contributed by atoms with Crippen molar-refractivity contribution < 1.29 is 17.9 Å². The van der Waals surface area contributed by atoms with Crippen molar-refractivity contribution in [2.75, 3.05) is 32.1 Å². The van der Waals surface area contributed by atoms with Crippen LogP contribution in [0.5, 0.6) is 11.5 Å². The summed E-state index contributed by atoms with van der Waals surface area (Å²) in [7, 11) is -3.26. The van der Waals surface area contributed by atoms with Gasteiger partial charge in [0, 0.05) is 12.5 Å². The maximum Gasteiger partial charge on any atom is 0.178 e. The Balaban J connectivity index is 2.09. The first-order chi connectivity index (χ1) is 9.63. The predicted octanol–water partition coefficient (Wildman–Crippen LogP) is 1.62. The van der Waals surface area contributed by atoms with Crippen LogP contribution in [-0.4, -0.2) is 40.5 Å². The molecule has 2 rings (SSSR count). The van der Waals surface area contributed by atoms with Gasteiger partial charge in [-0.15, -0.1) is 0 Å². The molecule has 1 aromatic rings. The molecule has 6 heteroatoms. The minimum absolute atomic E-state index is 0.139. The predicted molar refractivity (Wildman–Crippen MR) is 77.3 cm³/mol. The van der Waals surface area contributed by atoms with E-state index in [0.717, 1.165) is 13.0 Å². The Bertz CT molecular complexity index is 542. The molecule has 1 aliphatic heterocycles. The summed E-state index contributed by atoms with van der Waals surface area (Å²) in [5.41, 5.74) is 0. The van der Waals surface area contributed by atoms with Crippen LogP contribution in [0.15, 0.2) is 23.1 Å². The highest BCUT2D eigenvalue weighted by Gasteiger charge is 2.18. The lowest BCUT2D eigenvalue weighted by Crippen LogP contribution is -2.18. The molecule has 112 valence electrons. The molecule has 0 radical (unpaired) electrons. The molecule has 0 aliphatic carbocycles. The lowest BCUT2D eigenvalue weighted by molar-refractivity contribution is 0.297. The van der Waals surface area contributed by atoms with Gasteiger partial charge in [-0.25, -0.2) is 8.42 Å². The summed E-state index contributed by atoms with van der Waals surface area (Å²) in [6.07, 6.45) is 1.41. The van der Waals surface area contributed by atoms with Gasteiger partial charge in [0.2, 0.25) is 0 Å². The van der Waals surface area contributed by atoms with Gasteiger partial charge in [0.1, 0.15) is 0 Å². The first-order valence-electron chi connectivity index (χ1n) is 6.96. The molecule has 0 bridgehead atoms. The number of nitrogens with one attached hydrogen (secondary N) is 1. The molecule has 1 heterocycles. The Labute approximate surface area is 120 Å². The zero-order valence-electron chi connectivity index (χ0n) is 11.7. The van der Waals surface area contributed by atoms with Crippen molar-refractivity contribution in [1.29, 1.82) is 0 Å². The van der Waals surface area contributed by atoms with Gasteiger partial charge < -0.3 is 14.8 Å². The fourth-order valence-corrected chi connectivity index (χ4v) is 3.34. The van der Waals surface area contributed by atoms with E-state index in [0.29, 0.717) is 42.6 Å². The molecule has 1 N–H and O–H groups in total. The van der Waals surface area contributed by atoms with Crippen LogP contribution >= 0.6 is 0 Å². The molecule has 0 atom stereocenters. The number of benzene rings is 1. The van der Waals surface area contributed by atoms with Crippen LogP contribution < -0.4 is 14.8 Å². The average Bonchev–Trinajstić information content (AvgIpc) is 2.68. The number of hydrogen-bond acceptors (Lipinski definition) is 5. The Morgan fingerprint density at radius 1 is 1.20 bits per heavy atom. The quantitative estimate of drug-likeness (QED) is 0.809. The van der Waals surface area contributed by atoms with Gasteiger partial charge in [-0.3, -0.25) is 0 Å². The Hall–Kier alpha value is -1.27. The van der Waals surface area contributed by atoms with Gasteiger partial charge in [0.25, 0.3) is 0 Å². The number of fused-ring (bicyclic) bond motifs is 1. The fourth-order valence-electron chi connectivity index (χ4n) is 2.02. The van der Waals surface area contributed by atoms with Gasteiger partial charge in [-0.05, 0) is 31.6 Å². The van der Waals surface area contributed by atoms with Crippen LogP contribution in [0.25, 0.3) is 0 Å². The molecule has 0 spiro atoms. The van der Waals surface area contributed by atoms with E-state index in [4.69, 9.17) is 9.47 Å². The summed E-state index contributed by atoms with van der Waals surface area (Å²) < 4.78 is 35.5. The normalized spacial score (nSPS) is 14.8. The zero-order chi connectivity index (χ0) is 14.4. The second kappa shape index (κ2) is 6.95. The van der Waals surface area contributed by atoms with Crippen molar-refractivity contribution in [3.05, 3.63) is 18.2 Å². The lowest BCUT2D eigenvalue weighted by atomic mass is 10.3. The lowest BCUT2D eigenvalue weighted by Gasteiger charge is -2.10. The topological polar surface area (TPSA) is 64.6 Å². The second-order valence-corrected chi connectivity index (χ2v) is 6.79. The van der Waals surface area contributed by atoms with E-state index in [1.807, 2.05) is 6.92 Å². The minimum Gasteiger partial charge on any atom is -0.490 e. The first kappa shape index (κ1) is 15.1. The monoisotopic (exact) mass is 299 g/mol. The van der Waals surface area contributed by atoms with Crippen molar-refractivity contribution in [3.63, 3.8) is 0 Å². The highest BCUT2D eigenvalue weighted by atomic mass is 32.2. The van der Waals surface area contributed by atoms with Crippen molar-refractivity contribution in [1.82, 2.24) is 5.32 Å². The molecule has 1 aliphatic rings. The number of sulfone groups is 1. The van der Waals surface area contributed by atoms with Gasteiger partial charge in [0.15, 0.2) is 21.3 Å². The van der Waals surface area contributed by atoms with Crippen molar-refractivity contribution in [3.8, 4) is 11.5 Å². The van der Waals surface area contributed by atoms with Crippen LogP contribution in [0.1, 0.15) is 19.8 Å². The molecule has 0 amide bonds. The second-order valence-electron chi connectivity index (χ2n) is 4.68. The zero-order valence-corrected chi connectivity index (χ0v) is 12.5. The highest BCUT2D eigenvalue weighted by molar-refractivity contribution is 7.91. The van der Waals surface area contributed by atoms with E-state index in [1.165, 1.54) is 0 Å². The van der Waals surface area contributed by atoms with Crippen molar-refractivity contribution in [2.24, 2.45) is 0 Å². The Morgan fingerprint density at radius 3 is 2.70 bits per heavy atom. The molecule has 20 heavy (non-hydrogen) atoms. The number of rotatable bonds is 6. The van der Waals surface area contributed by atoms with Crippen LogP contribution in [0.3, 0.4) is 0 Å². The van der Waals surface area contributed by atoms with Gasteiger partial charge in [-0.1, -0.05) is 6.92 Å². The molecule has 0 saturated heterocycles. The minimum atomic E-state index is -3.26. The van der Waals surface area contributed by atoms with Gasteiger partial charge in [-0.2, -0.15) is 0 Å². The third kappa shape index (κ3) is 3.86. The molecule has 0 saturated carbocycles. The molecular formula is C14H21NO4S. The molecule has 5 nitrogen and oxygen atoms in total. The van der Waals surface area contributed by atoms with Crippen LogP contribution in [0.2, 0.25) is 0 Å². The number of hydrogen-bond donors (Lipinski definition) is 1. The molecule has 0 unspecified atom stereocenters. The van der Waals surface area contributed by atoms with E-state index in [9.17, 15) is 8.42 Å². The van der Waals surface area contributed by atoms with Crippen LogP contribution in [0.4, 0.5) is 0 Å². The third-order valence-electron chi connectivity index (χ3n) is 3.09. The summed E-state index contributed by atoms with van der Waals surface area (Å²) >= 11 is 0. The molecule has 0 aromatic heterocycles. The summed E-state index contributed by atoms with van der Waals surface area (Å²) in [5.74, 6) is 1.28. The first-order valence-corrected chi connectivity index (χ1v) is 8.62. The van der Waals surface area contributed by atoms with Gasteiger partial charge in [0.05, 0.1) is 23.9 Å². The smallest absolute Gasteiger partial charge is 0.178 e. The summed E-state index contributed by atoms with van der Waals surface area (Å²) in [6, 6.07) is 4.84. The average molecular weight is 299 g/mol. The van der Waals surface area contributed by atoms with Crippen molar-refractivity contribution in [2.45, 2.75) is 24.7 Å². The summed E-state index contributed by atoms with van der Waals surface area (Å²) in [5, 5.41) is 3.12. The SMILES string of the molecule is CCNCCCS(=O)(=O)c1ccc2c(c1)OCCCO2. The molecule has 0 fully saturated rings. The third-order valence-corrected chi connectivity index (χ3v) is 4.89. The standard InChI is InChI=1S/C14H21NO4S/c1-2-15-7-3-10-20(16,17)12-5-6-13-14(11-12)19-9-4-8-18-13/h5-6,11,15H,2-4,7-10H2,1H3. The van der Waals surface area contributed by atoms with E-state index < -0.39 is 9.84 Å². The fraction of sp³-hybridized carbons (Fsp3) is 0.571. The van der Waals surface area contributed by atoms with E-state index in [2.05, 4.69) is 5.32 Å². The molecular weight excluding hydrogens is 278 g/mol. The van der Waals surface area contributed by atoms with E-state index in [-0.39, 0.29) is 5.75 Å². The maximum absolute atomic E-state index is 12.2. The van der Waals surface area contributed by atoms with Crippen molar-refractivity contribution >= 4 is 9.84 Å². The highest BCUT2D eigenvalue weighted by Crippen LogP contribution is 2.32. The Morgan fingerprint density at radius 2 is 1.95 bits per heavy atom.